The molecule has 0 radical (unpaired) electrons. The van der Waals surface area contributed by atoms with Crippen LogP contribution >= 0.6 is 24.0 Å². The first-order chi connectivity index (χ1) is 9.79. The Balaban J connectivity index is 0.00000220. The molecule has 1 heterocycles. The third kappa shape index (κ3) is 5.99. The molecule has 0 spiro atoms. The van der Waals surface area contributed by atoms with E-state index in [1.807, 2.05) is 12.1 Å². The summed E-state index contributed by atoms with van der Waals surface area (Å²) in [5.74, 6) is 2.18. The van der Waals surface area contributed by atoms with Gasteiger partial charge in [0, 0.05) is 13.1 Å². The Labute approximate surface area is 143 Å². The van der Waals surface area contributed by atoms with Crippen molar-refractivity contribution in [3.8, 4) is 11.5 Å². The van der Waals surface area contributed by atoms with E-state index in [4.69, 9.17) is 15.2 Å². The minimum absolute atomic E-state index is 0. The van der Waals surface area contributed by atoms with Crippen molar-refractivity contribution in [2.75, 3.05) is 26.3 Å². The molecule has 0 atom stereocenters. The zero-order chi connectivity index (χ0) is 14.2. The minimum atomic E-state index is 0. The minimum Gasteiger partial charge on any atom is -0.486 e. The highest BCUT2D eigenvalue weighted by atomic mass is 127. The summed E-state index contributed by atoms with van der Waals surface area (Å²) in [6.45, 7) is 4.94. The third-order valence-electron chi connectivity index (χ3n) is 3.12. The van der Waals surface area contributed by atoms with Crippen LogP contribution in [0.5, 0.6) is 11.5 Å². The number of hydrogen-bond donors (Lipinski definition) is 2. The summed E-state index contributed by atoms with van der Waals surface area (Å²) >= 11 is 0. The second-order valence-electron chi connectivity index (χ2n) is 4.78. The topological polar surface area (TPSA) is 68.9 Å². The Morgan fingerprint density at radius 3 is 2.81 bits per heavy atom. The Kier molecular flexibility index (Phi) is 8.26. The van der Waals surface area contributed by atoms with Crippen molar-refractivity contribution in [3.05, 3.63) is 23.8 Å². The van der Waals surface area contributed by atoms with Gasteiger partial charge in [0.2, 0.25) is 0 Å². The number of halogens is 1. The number of nitrogens with zero attached hydrogens (tertiary/aromatic N) is 1. The number of benzene rings is 1. The average Bonchev–Trinajstić information content (AvgIpc) is 2.47. The molecule has 3 N–H and O–H groups in total. The molecule has 5 nitrogen and oxygen atoms in total. The van der Waals surface area contributed by atoms with Gasteiger partial charge in [0.15, 0.2) is 17.5 Å². The SMILES string of the molecule is CCCCN=C(N)NCCc1ccc2c(c1)OCCO2.I. The molecule has 0 fully saturated rings. The zero-order valence-electron chi connectivity index (χ0n) is 12.4. The van der Waals surface area contributed by atoms with Gasteiger partial charge < -0.3 is 20.5 Å². The van der Waals surface area contributed by atoms with Crippen LogP contribution in [0.25, 0.3) is 0 Å². The van der Waals surface area contributed by atoms with Gasteiger partial charge in [-0.05, 0) is 30.5 Å². The Morgan fingerprint density at radius 2 is 2.05 bits per heavy atom. The highest BCUT2D eigenvalue weighted by molar-refractivity contribution is 14.0. The molecular weight excluding hydrogens is 381 g/mol. The Morgan fingerprint density at radius 1 is 1.29 bits per heavy atom. The van der Waals surface area contributed by atoms with Crippen LogP contribution in [0.1, 0.15) is 25.3 Å². The van der Waals surface area contributed by atoms with Gasteiger partial charge in [0.05, 0.1) is 0 Å². The van der Waals surface area contributed by atoms with Crippen LogP contribution in [0.2, 0.25) is 0 Å². The maximum Gasteiger partial charge on any atom is 0.188 e. The molecule has 0 saturated carbocycles. The molecule has 1 aliphatic heterocycles. The maximum atomic E-state index is 5.78. The summed E-state index contributed by atoms with van der Waals surface area (Å²) in [5.41, 5.74) is 6.98. The van der Waals surface area contributed by atoms with Gasteiger partial charge in [-0.15, -0.1) is 24.0 Å². The van der Waals surface area contributed by atoms with Gasteiger partial charge in [-0.1, -0.05) is 19.4 Å². The molecule has 1 aromatic rings. The van der Waals surface area contributed by atoms with E-state index in [0.29, 0.717) is 19.2 Å². The summed E-state index contributed by atoms with van der Waals surface area (Å²) in [4.78, 5) is 4.25. The number of guanidine groups is 1. The largest absolute Gasteiger partial charge is 0.486 e. The summed E-state index contributed by atoms with van der Waals surface area (Å²) in [6.07, 6.45) is 3.08. The molecule has 0 unspecified atom stereocenters. The standard InChI is InChI=1S/C15H23N3O2.HI/c1-2-3-7-17-15(16)18-8-6-12-4-5-13-14(11-12)20-10-9-19-13;/h4-5,11H,2-3,6-10H2,1H3,(H3,16,17,18);1H. The summed E-state index contributed by atoms with van der Waals surface area (Å²) in [7, 11) is 0. The van der Waals surface area contributed by atoms with Crippen molar-refractivity contribution in [2.24, 2.45) is 10.7 Å². The van der Waals surface area contributed by atoms with Crippen LogP contribution in [0.4, 0.5) is 0 Å². The van der Waals surface area contributed by atoms with Crippen LogP contribution in [0.3, 0.4) is 0 Å². The fourth-order valence-corrected chi connectivity index (χ4v) is 1.99. The highest BCUT2D eigenvalue weighted by Gasteiger charge is 2.11. The maximum absolute atomic E-state index is 5.78. The van der Waals surface area contributed by atoms with Crippen LogP contribution in [0, 0.1) is 0 Å². The van der Waals surface area contributed by atoms with Crippen molar-refractivity contribution in [1.82, 2.24) is 5.32 Å². The van der Waals surface area contributed by atoms with Crippen molar-refractivity contribution in [1.29, 1.82) is 0 Å². The van der Waals surface area contributed by atoms with E-state index < -0.39 is 0 Å². The number of ether oxygens (including phenoxy) is 2. The fourth-order valence-electron chi connectivity index (χ4n) is 1.99. The molecule has 0 bridgehead atoms. The fraction of sp³-hybridized carbons (Fsp3) is 0.533. The van der Waals surface area contributed by atoms with Crippen LogP contribution < -0.4 is 20.5 Å². The molecule has 0 aromatic heterocycles. The summed E-state index contributed by atoms with van der Waals surface area (Å²) < 4.78 is 11.1. The van der Waals surface area contributed by atoms with E-state index >= 15 is 0 Å². The molecule has 21 heavy (non-hydrogen) atoms. The molecule has 6 heteroatoms. The first kappa shape index (κ1) is 17.9. The lowest BCUT2D eigenvalue weighted by Gasteiger charge is -2.18. The number of unbranched alkanes of at least 4 members (excludes halogenated alkanes) is 1. The van der Waals surface area contributed by atoms with Crippen LogP contribution in [0.15, 0.2) is 23.2 Å². The van der Waals surface area contributed by atoms with Gasteiger partial charge in [-0.25, -0.2) is 0 Å². The first-order valence-electron chi connectivity index (χ1n) is 7.22. The normalized spacial score (nSPS) is 13.5. The van der Waals surface area contributed by atoms with Crippen molar-refractivity contribution < 1.29 is 9.47 Å². The quantitative estimate of drug-likeness (QED) is 0.330. The molecule has 1 aliphatic rings. The lowest BCUT2D eigenvalue weighted by atomic mass is 10.1. The first-order valence-corrected chi connectivity index (χ1v) is 7.22. The second-order valence-corrected chi connectivity index (χ2v) is 4.78. The number of rotatable bonds is 6. The van der Waals surface area contributed by atoms with Crippen molar-refractivity contribution in [3.63, 3.8) is 0 Å². The molecule has 1 aromatic carbocycles. The van der Waals surface area contributed by atoms with E-state index in [2.05, 4.69) is 23.3 Å². The molecular formula is C15H24IN3O2. The molecule has 0 amide bonds. The van der Waals surface area contributed by atoms with Gasteiger partial charge in [-0.2, -0.15) is 0 Å². The van der Waals surface area contributed by atoms with Crippen molar-refractivity contribution >= 4 is 29.9 Å². The lowest BCUT2D eigenvalue weighted by Crippen LogP contribution is -2.33. The lowest BCUT2D eigenvalue weighted by molar-refractivity contribution is 0.171. The predicted octanol–water partition coefficient (Wildman–Crippen LogP) is 2.32. The monoisotopic (exact) mass is 405 g/mol. The van der Waals surface area contributed by atoms with Crippen LogP contribution in [-0.4, -0.2) is 32.3 Å². The zero-order valence-corrected chi connectivity index (χ0v) is 14.8. The third-order valence-corrected chi connectivity index (χ3v) is 3.12. The number of fused-ring (bicyclic) bond motifs is 1. The van der Waals surface area contributed by atoms with E-state index in [1.54, 1.807) is 0 Å². The molecule has 0 saturated heterocycles. The predicted molar refractivity (Wildman–Crippen MR) is 96.0 cm³/mol. The number of aliphatic imine (C=N–C) groups is 1. The van der Waals surface area contributed by atoms with E-state index in [-0.39, 0.29) is 24.0 Å². The van der Waals surface area contributed by atoms with Crippen molar-refractivity contribution in [2.45, 2.75) is 26.2 Å². The van der Waals surface area contributed by atoms with E-state index in [1.165, 1.54) is 5.56 Å². The van der Waals surface area contributed by atoms with E-state index in [0.717, 1.165) is 43.9 Å². The molecule has 2 rings (SSSR count). The molecule has 118 valence electrons. The smallest absolute Gasteiger partial charge is 0.188 e. The average molecular weight is 405 g/mol. The Bertz CT molecular complexity index is 466. The number of nitrogens with one attached hydrogen (secondary N) is 1. The van der Waals surface area contributed by atoms with Gasteiger partial charge >= 0.3 is 0 Å². The highest BCUT2D eigenvalue weighted by Crippen LogP contribution is 2.30. The molecule has 0 aliphatic carbocycles. The van der Waals surface area contributed by atoms with Crippen LogP contribution in [-0.2, 0) is 6.42 Å². The van der Waals surface area contributed by atoms with Gasteiger partial charge in [-0.3, -0.25) is 4.99 Å². The Hall–Kier alpha value is -1.18. The second kappa shape index (κ2) is 9.70. The number of nitrogens with two attached hydrogens (primary N) is 1. The van der Waals surface area contributed by atoms with Gasteiger partial charge in [0.25, 0.3) is 0 Å². The van der Waals surface area contributed by atoms with E-state index in [9.17, 15) is 0 Å². The summed E-state index contributed by atoms with van der Waals surface area (Å²) in [6, 6.07) is 6.04. The number of hydrogen-bond acceptors (Lipinski definition) is 3. The summed E-state index contributed by atoms with van der Waals surface area (Å²) in [5, 5.41) is 3.13. The van der Waals surface area contributed by atoms with Gasteiger partial charge in [0.1, 0.15) is 13.2 Å².